The van der Waals surface area contributed by atoms with Crippen LogP contribution >= 0.6 is 15.9 Å². The number of halogens is 1. The fourth-order valence-corrected chi connectivity index (χ4v) is 1.97. The topological polar surface area (TPSA) is 46.9 Å². The van der Waals surface area contributed by atoms with Crippen LogP contribution in [0.5, 0.6) is 0 Å². The van der Waals surface area contributed by atoms with E-state index in [9.17, 15) is 4.79 Å². The summed E-state index contributed by atoms with van der Waals surface area (Å²) in [5, 5.41) is 2.84. The monoisotopic (exact) mass is 307 g/mol. The molecule has 2 aromatic rings. The predicted octanol–water partition coefficient (Wildman–Crippen LogP) is 3.05. The lowest BCUT2D eigenvalue weighted by Crippen LogP contribution is -2.12. The van der Waals surface area contributed by atoms with E-state index in [-0.39, 0.29) is 5.91 Å². The number of carbonyl (C=O) groups is 1. The van der Waals surface area contributed by atoms with Crippen molar-refractivity contribution in [3.8, 4) is 0 Å². The number of hydrogen-bond acceptors (Lipinski definition) is 2. The van der Waals surface area contributed by atoms with Gasteiger partial charge in [0.2, 0.25) is 0 Å². The van der Waals surface area contributed by atoms with Gasteiger partial charge in [0.1, 0.15) is 5.69 Å². The van der Waals surface area contributed by atoms with Crippen LogP contribution in [0, 0.1) is 13.8 Å². The summed E-state index contributed by atoms with van der Waals surface area (Å²) in [6.45, 7) is 3.99. The average molecular weight is 308 g/mol. The van der Waals surface area contributed by atoms with Gasteiger partial charge >= 0.3 is 0 Å². The molecule has 1 aromatic heterocycles. The minimum absolute atomic E-state index is 0.197. The molecule has 0 bridgehead atoms. The summed E-state index contributed by atoms with van der Waals surface area (Å²) in [7, 11) is 1.83. The maximum absolute atomic E-state index is 11.9. The number of rotatable bonds is 2. The van der Waals surface area contributed by atoms with Gasteiger partial charge in [-0.2, -0.15) is 0 Å². The summed E-state index contributed by atoms with van der Waals surface area (Å²) in [6, 6.07) is 3.86. The summed E-state index contributed by atoms with van der Waals surface area (Å²) < 4.78 is 2.81. The fraction of sp³-hybridized carbons (Fsp3) is 0.231. The van der Waals surface area contributed by atoms with Crippen LogP contribution in [0.3, 0.4) is 0 Å². The smallest absolute Gasteiger partial charge is 0.275 e. The molecule has 0 atom stereocenters. The molecule has 2 rings (SSSR count). The number of benzene rings is 1. The molecule has 1 aromatic carbocycles. The Kier molecular flexibility index (Phi) is 3.52. The number of amides is 1. The molecule has 0 aliphatic carbocycles. The van der Waals surface area contributed by atoms with Crippen molar-refractivity contribution in [1.82, 2.24) is 9.55 Å². The van der Waals surface area contributed by atoms with Crippen LogP contribution in [-0.2, 0) is 7.05 Å². The van der Waals surface area contributed by atoms with Crippen LogP contribution in [0.2, 0.25) is 0 Å². The van der Waals surface area contributed by atoms with Gasteiger partial charge in [0.25, 0.3) is 5.91 Å². The number of nitrogens with one attached hydrogen (secondary N) is 1. The van der Waals surface area contributed by atoms with Crippen LogP contribution < -0.4 is 5.32 Å². The van der Waals surface area contributed by atoms with Crippen LogP contribution in [0.15, 0.2) is 29.1 Å². The number of aryl methyl sites for hydroxylation is 3. The maximum Gasteiger partial charge on any atom is 0.275 e. The molecular weight excluding hydrogens is 294 g/mol. The SMILES string of the molecule is Cc1cc(NC(=O)c2cn(C)cn2)cc(C)c1Br. The fourth-order valence-electron chi connectivity index (χ4n) is 1.74. The number of hydrogen-bond donors (Lipinski definition) is 1. The maximum atomic E-state index is 11.9. The lowest BCUT2D eigenvalue weighted by atomic mass is 10.1. The summed E-state index contributed by atoms with van der Waals surface area (Å²) in [5.41, 5.74) is 3.37. The zero-order valence-electron chi connectivity index (χ0n) is 10.5. The zero-order valence-corrected chi connectivity index (χ0v) is 12.1. The van der Waals surface area contributed by atoms with E-state index in [0.29, 0.717) is 5.69 Å². The van der Waals surface area contributed by atoms with E-state index in [4.69, 9.17) is 0 Å². The molecule has 1 amide bonds. The molecular formula is C13H14BrN3O. The normalized spacial score (nSPS) is 10.4. The summed E-state index contributed by atoms with van der Waals surface area (Å²) in [5.74, 6) is -0.197. The molecule has 1 heterocycles. The van der Waals surface area contributed by atoms with Crippen molar-refractivity contribution in [1.29, 1.82) is 0 Å². The largest absolute Gasteiger partial charge is 0.340 e. The highest BCUT2D eigenvalue weighted by molar-refractivity contribution is 9.10. The number of nitrogens with zero attached hydrogens (tertiary/aromatic N) is 2. The third kappa shape index (κ3) is 2.61. The standard InChI is InChI=1S/C13H14BrN3O/c1-8-4-10(5-9(2)12(8)14)16-13(18)11-6-17(3)7-15-11/h4-7H,1-3H3,(H,16,18). The quantitative estimate of drug-likeness (QED) is 0.927. The Morgan fingerprint density at radius 2 is 1.94 bits per heavy atom. The Bertz CT molecular complexity index is 581. The van der Waals surface area contributed by atoms with E-state index < -0.39 is 0 Å². The lowest BCUT2D eigenvalue weighted by molar-refractivity contribution is 0.102. The first-order valence-corrected chi connectivity index (χ1v) is 6.32. The van der Waals surface area contributed by atoms with Gasteiger partial charge in [-0.1, -0.05) is 15.9 Å². The van der Waals surface area contributed by atoms with Gasteiger partial charge in [-0.25, -0.2) is 4.98 Å². The van der Waals surface area contributed by atoms with Gasteiger partial charge in [-0.3, -0.25) is 4.79 Å². The molecule has 0 saturated carbocycles. The minimum atomic E-state index is -0.197. The van der Waals surface area contributed by atoms with Crippen molar-refractivity contribution in [3.05, 3.63) is 46.0 Å². The number of carbonyl (C=O) groups excluding carboxylic acids is 1. The highest BCUT2D eigenvalue weighted by atomic mass is 79.9. The van der Waals surface area contributed by atoms with E-state index in [0.717, 1.165) is 21.3 Å². The molecule has 0 fully saturated rings. The number of imidazole rings is 1. The van der Waals surface area contributed by atoms with Gasteiger partial charge < -0.3 is 9.88 Å². The first kappa shape index (κ1) is 12.8. The second-order valence-corrected chi connectivity index (χ2v) is 5.10. The molecule has 94 valence electrons. The van der Waals surface area contributed by atoms with Crippen molar-refractivity contribution >= 4 is 27.5 Å². The highest BCUT2D eigenvalue weighted by Gasteiger charge is 2.10. The van der Waals surface area contributed by atoms with Gasteiger partial charge in [0.05, 0.1) is 6.33 Å². The molecule has 0 aliphatic heterocycles. The average Bonchev–Trinajstić information content (AvgIpc) is 2.72. The van der Waals surface area contributed by atoms with E-state index in [2.05, 4.69) is 26.2 Å². The Labute approximate surface area is 114 Å². The van der Waals surface area contributed by atoms with Crippen LogP contribution in [-0.4, -0.2) is 15.5 Å². The van der Waals surface area contributed by atoms with Gasteiger partial charge in [0.15, 0.2) is 0 Å². The summed E-state index contributed by atoms with van der Waals surface area (Å²) in [4.78, 5) is 16.0. The Hall–Kier alpha value is -1.62. The van der Waals surface area contributed by atoms with Crippen molar-refractivity contribution in [3.63, 3.8) is 0 Å². The van der Waals surface area contributed by atoms with Crippen molar-refractivity contribution in [2.24, 2.45) is 7.05 Å². The third-order valence-corrected chi connectivity index (χ3v) is 3.88. The molecule has 0 aliphatic rings. The van der Waals surface area contributed by atoms with Gasteiger partial charge in [0, 0.05) is 23.4 Å². The molecule has 0 saturated heterocycles. The highest BCUT2D eigenvalue weighted by Crippen LogP contribution is 2.25. The molecule has 0 spiro atoms. The van der Waals surface area contributed by atoms with Crippen LogP contribution in [0.1, 0.15) is 21.6 Å². The molecule has 0 radical (unpaired) electrons. The Morgan fingerprint density at radius 3 is 2.44 bits per heavy atom. The van der Waals surface area contributed by atoms with E-state index >= 15 is 0 Å². The Morgan fingerprint density at radius 1 is 1.33 bits per heavy atom. The van der Waals surface area contributed by atoms with Crippen molar-refractivity contribution in [2.45, 2.75) is 13.8 Å². The molecule has 1 N–H and O–H groups in total. The molecule has 0 unspecified atom stereocenters. The Balaban J connectivity index is 2.22. The van der Waals surface area contributed by atoms with Gasteiger partial charge in [-0.05, 0) is 37.1 Å². The summed E-state index contributed by atoms with van der Waals surface area (Å²) >= 11 is 3.50. The van der Waals surface area contributed by atoms with Crippen LogP contribution in [0.4, 0.5) is 5.69 Å². The second kappa shape index (κ2) is 4.94. The molecule has 5 heteroatoms. The third-order valence-electron chi connectivity index (χ3n) is 2.63. The summed E-state index contributed by atoms with van der Waals surface area (Å²) in [6.07, 6.45) is 3.29. The second-order valence-electron chi connectivity index (χ2n) is 4.30. The lowest BCUT2D eigenvalue weighted by Gasteiger charge is -2.08. The first-order valence-electron chi connectivity index (χ1n) is 5.53. The number of aromatic nitrogens is 2. The molecule has 18 heavy (non-hydrogen) atoms. The van der Waals surface area contributed by atoms with E-state index in [1.165, 1.54) is 0 Å². The zero-order chi connectivity index (χ0) is 13.3. The number of anilines is 1. The van der Waals surface area contributed by atoms with Gasteiger partial charge in [-0.15, -0.1) is 0 Å². The minimum Gasteiger partial charge on any atom is -0.340 e. The van der Waals surface area contributed by atoms with Crippen molar-refractivity contribution < 1.29 is 4.79 Å². The van der Waals surface area contributed by atoms with E-state index in [1.807, 2.05) is 33.0 Å². The van der Waals surface area contributed by atoms with Crippen LogP contribution in [0.25, 0.3) is 0 Å². The van der Waals surface area contributed by atoms with E-state index in [1.54, 1.807) is 17.1 Å². The van der Waals surface area contributed by atoms with Crippen molar-refractivity contribution in [2.75, 3.05) is 5.32 Å². The first-order chi connectivity index (χ1) is 8.47. The predicted molar refractivity (Wildman–Crippen MR) is 74.8 cm³/mol. The molecule has 4 nitrogen and oxygen atoms in total.